The molecule has 4 aliphatic carbocycles. The fourth-order valence-corrected chi connectivity index (χ4v) is 10.9. The number of likely N-dealkylation sites (N-methyl/N-ethyl adjacent to an activating group) is 1. The lowest BCUT2D eigenvalue weighted by atomic mass is 9.77. The third-order valence-corrected chi connectivity index (χ3v) is 13.3. The largest absolute Gasteiger partial charge is 0.472 e. The molecular weight excluding hydrogens is 625 g/mol. The number of ether oxygens (including phenoxy) is 1. The van der Waals surface area contributed by atoms with E-state index in [1.165, 1.54) is 19.3 Å². The molecule has 7 atom stereocenters. The molecule has 2 aromatic heterocycles. The predicted molar refractivity (Wildman–Crippen MR) is 194 cm³/mol. The molecule has 1 amide bonds. The van der Waals surface area contributed by atoms with Crippen LogP contribution in [0.3, 0.4) is 0 Å². The maximum Gasteiger partial charge on any atom is 0.223 e. The summed E-state index contributed by atoms with van der Waals surface area (Å²) < 4.78 is 27.1. The van der Waals surface area contributed by atoms with Gasteiger partial charge in [-0.3, -0.25) is 9.69 Å². The quantitative estimate of drug-likeness (QED) is 0.205. The molecule has 2 aromatic carbocycles. The van der Waals surface area contributed by atoms with E-state index in [1.807, 2.05) is 24.0 Å². The lowest BCUT2D eigenvalue weighted by Gasteiger charge is -2.40. The second kappa shape index (κ2) is 12.1. The molecule has 2 saturated heterocycles. The van der Waals surface area contributed by atoms with Crippen molar-refractivity contribution >= 4 is 27.7 Å². The van der Waals surface area contributed by atoms with Gasteiger partial charge in [-0.25, -0.2) is 9.37 Å². The van der Waals surface area contributed by atoms with Crippen LogP contribution in [0.1, 0.15) is 112 Å². The summed E-state index contributed by atoms with van der Waals surface area (Å²) in [6.07, 6.45) is 10.3. The minimum absolute atomic E-state index is 0.0230. The lowest BCUT2D eigenvalue weighted by Crippen LogP contribution is -2.38. The lowest BCUT2D eigenvalue weighted by molar-refractivity contribution is -0.129. The maximum atomic E-state index is 17.6. The molecule has 4 heterocycles. The first-order chi connectivity index (χ1) is 24.2. The fourth-order valence-electron chi connectivity index (χ4n) is 10.9. The van der Waals surface area contributed by atoms with Crippen LogP contribution in [0.15, 0.2) is 30.3 Å². The molecule has 0 spiro atoms. The van der Waals surface area contributed by atoms with Gasteiger partial charge in [-0.15, -0.1) is 0 Å². The molecule has 0 N–H and O–H groups in total. The second-order valence-corrected chi connectivity index (χ2v) is 16.1. The van der Waals surface area contributed by atoms with Gasteiger partial charge in [-0.2, -0.15) is 5.26 Å². The Kier molecular flexibility index (Phi) is 7.73. The number of aryl methyl sites for hydroxylation is 2. The van der Waals surface area contributed by atoms with Crippen LogP contribution < -0.4 is 4.74 Å². The molecule has 50 heavy (non-hydrogen) atoms. The second-order valence-electron chi connectivity index (χ2n) is 16.1. The topological polar surface area (TPSA) is 74.4 Å². The van der Waals surface area contributed by atoms with Crippen molar-refractivity contribution in [2.45, 2.75) is 115 Å². The Morgan fingerprint density at radius 1 is 1.06 bits per heavy atom. The number of rotatable bonds is 6. The van der Waals surface area contributed by atoms with E-state index in [2.05, 4.69) is 47.7 Å². The molecule has 2 aliphatic heterocycles. The Hall–Kier alpha value is -3.96. The van der Waals surface area contributed by atoms with E-state index in [1.54, 1.807) is 6.92 Å². The Morgan fingerprint density at radius 3 is 2.58 bits per heavy atom. The van der Waals surface area contributed by atoms with E-state index in [9.17, 15) is 10.1 Å². The van der Waals surface area contributed by atoms with E-state index in [0.717, 1.165) is 102 Å². The summed E-state index contributed by atoms with van der Waals surface area (Å²) in [5.41, 5.74) is 6.80. The molecule has 10 rings (SSSR count). The van der Waals surface area contributed by atoms with Crippen molar-refractivity contribution < 1.29 is 13.9 Å². The molecule has 3 saturated carbocycles. The van der Waals surface area contributed by atoms with Gasteiger partial charge in [-0.1, -0.05) is 18.2 Å². The molecule has 260 valence electrons. The third kappa shape index (κ3) is 4.75. The van der Waals surface area contributed by atoms with Gasteiger partial charge in [-0.05, 0) is 138 Å². The van der Waals surface area contributed by atoms with Crippen LogP contribution in [0.2, 0.25) is 0 Å². The highest BCUT2D eigenvalue weighted by Gasteiger charge is 2.50. The normalized spacial score (nSPS) is 28.2. The van der Waals surface area contributed by atoms with Crippen LogP contribution in [-0.2, 0) is 11.2 Å². The number of pyridine rings is 1. The number of likely N-dealkylation sites (tertiary alicyclic amines) is 2. The number of nitrogens with zero attached hydrogens (tertiary/aromatic N) is 5. The first-order valence-corrected chi connectivity index (χ1v) is 19.1. The number of carbonyl (C=O) groups excluding carboxylic acids is 1. The molecule has 6 aliphatic rings. The van der Waals surface area contributed by atoms with Crippen molar-refractivity contribution in [3.05, 3.63) is 58.5 Å². The third-order valence-electron chi connectivity index (χ3n) is 13.3. The summed E-state index contributed by atoms with van der Waals surface area (Å²) in [6.45, 7) is 7.61. The van der Waals surface area contributed by atoms with Crippen LogP contribution in [0.25, 0.3) is 32.9 Å². The smallest absolute Gasteiger partial charge is 0.223 e. The standard InChI is InChI=1S/C42H48FN5O2/c1-23-19-31-39(38(43)36(23)30-12-6-10-26-9-5-11-29(22-44)37(26)30)45-42(50-24(2)33-13-7-17-46(33)4)32-21-35(34-14-8-18-47(34)25(3)49)48(41(31)32)40-27-15-16-28(40)20-27/h6,10,12,19,21,24,27-29,33-34,40H,5,7-9,11,13-18,20H2,1-4H3/t24-,27-,28+,29?,33-,34+,40-/m0/s1. The molecule has 2 bridgehead atoms. The van der Waals surface area contributed by atoms with Crippen LogP contribution >= 0.6 is 0 Å². The monoisotopic (exact) mass is 673 g/mol. The number of carbonyl (C=O) groups is 1. The van der Waals surface area contributed by atoms with Crippen LogP contribution in [0.5, 0.6) is 5.88 Å². The highest BCUT2D eigenvalue weighted by molar-refractivity contribution is 6.09. The SMILES string of the molecule is CC(=O)N1CCC[C@@H]1c1cc2c(O[C@@H](C)[C@@H]3CCCN3C)nc3c(F)c(-c4cccc5c4C(C#N)CCC5)c(C)cc3c2n1[C@@H]1[C@@H]2CC[C@H]1C2. The van der Waals surface area contributed by atoms with Crippen molar-refractivity contribution in [2.75, 3.05) is 20.1 Å². The predicted octanol–water partition coefficient (Wildman–Crippen LogP) is 8.76. The Labute approximate surface area is 294 Å². The molecule has 7 nitrogen and oxygen atoms in total. The van der Waals surface area contributed by atoms with Crippen LogP contribution in [-0.4, -0.2) is 57.5 Å². The number of benzene rings is 2. The molecule has 4 aromatic rings. The summed E-state index contributed by atoms with van der Waals surface area (Å²) in [4.78, 5) is 22.5. The maximum absolute atomic E-state index is 17.6. The van der Waals surface area contributed by atoms with Crippen LogP contribution in [0.4, 0.5) is 4.39 Å². The number of hydrogen-bond acceptors (Lipinski definition) is 5. The number of halogens is 1. The van der Waals surface area contributed by atoms with Crippen LogP contribution in [0, 0.1) is 35.9 Å². The van der Waals surface area contributed by atoms with Crippen molar-refractivity contribution in [2.24, 2.45) is 11.8 Å². The van der Waals surface area contributed by atoms with Gasteiger partial charge in [0.1, 0.15) is 11.6 Å². The first-order valence-electron chi connectivity index (χ1n) is 19.1. The summed E-state index contributed by atoms with van der Waals surface area (Å²) >= 11 is 0. The summed E-state index contributed by atoms with van der Waals surface area (Å²) in [5, 5.41) is 11.9. The van der Waals surface area contributed by atoms with Crippen molar-refractivity contribution in [3.8, 4) is 23.1 Å². The number of nitriles is 1. The van der Waals surface area contributed by atoms with Gasteiger partial charge in [0.25, 0.3) is 0 Å². The van der Waals surface area contributed by atoms with Gasteiger partial charge in [0.15, 0.2) is 5.82 Å². The van der Waals surface area contributed by atoms with Gasteiger partial charge in [0.2, 0.25) is 11.8 Å². The molecule has 8 heteroatoms. The zero-order valence-corrected chi connectivity index (χ0v) is 29.8. The number of hydrogen-bond donors (Lipinski definition) is 0. The number of fused-ring (bicyclic) bond motifs is 5. The molecular formula is C42H48FN5O2. The first kappa shape index (κ1) is 32.0. The average Bonchev–Trinajstić information content (AvgIpc) is 3.94. The number of amides is 1. The van der Waals surface area contributed by atoms with E-state index in [4.69, 9.17) is 9.72 Å². The van der Waals surface area contributed by atoms with Crippen molar-refractivity contribution in [3.63, 3.8) is 0 Å². The summed E-state index contributed by atoms with van der Waals surface area (Å²) in [7, 11) is 2.15. The van der Waals surface area contributed by atoms with E-state index in [-0.39, 0.29) is 35.8 Å². The zero-order chi connectivity index (χ0) is 34.4. The molecule has 5 fully saturated rings. The zero-order valence-electron chi connectivity index (χ0n) is 29.8. The van der Waals surface area contributed by atoms with Gasteiger partial charge >= 0.3 is 0 Å². The minimum Gasteiger partial charge on any atom is -0.472 e. The summed E-state index contributed by atoms with van der Waals surface area (Å²) in [5.74, 6) is 1.16. The Bertz CT molecular complexity index is 2070. The van der Waals surface area contributed by atoms with E-state index < -0.39 is 0 Å². The Morgan fingerprint density at radius 2 is 1.86 bits per heavy atom. The number of aromatic nitrogens is 2. The van der Waals surface area contributed by atoms with E-state index >= 15 is 4.39 Å². The average molecular weight is 674 g/mol. The van der Waals surface area contributed by atoms with Gasteiger partial charge in [0.05, 0.1) is 28.9 Å². The fraction of sp³-hybridized carbons (Fsp3) is 0.548. The van der Waals surface area contributed by atoms with E-state index in [0.29, 0.717) is 34.8 Å². The molecule has 0 radical (unpaired) electrons. The molecule has 1 unspecified atom stereocenters. The minimum atomic E-state index is -0.342. The summed E-state index contributed by atoms with van der Waals surface area (Å²) in [6, 6.07) is 13.6. The van der Waals surface area contributed by atoms with Crippen molar-refractivity contribution in [1.82, 2.24) is 19.4 Å². The van der Waals surface area contributed by atoms with Gasteiger partial charge in [0, 0.05) is 42.2 Å². The van der Waals surface area contributed by atoms with Crippen molar-refractivity contribution in [1.29, 1.82) is 5.26 Å². The highest BCUT2D eigenvalue weighted by atomic mass is 19.1. The highest BCUT2D eigenvalue weighted by Crippen LogP contribution is 2.59. The Balaban J connectivity index is 1.32. The van der Waals surface area contributed by atoms with Gasteiger partial charge < -0.3 is 14.2 Å².